The van der Waals surface area contributed by atoms with Crippen molar-refractivity contribution in [3.63, 3.8) is 0 Å². The Balaban J connectivity index is 1.51. The molecule has 132 valence electrons. The van der Waals surface area contributed by atoms with Crippen molar-refractivity contribution < 1.29 is 13.9 Å². The molecular weight excluding hydrogens is 333 g/mol. The maximum atomic E-state index is 14.6. The molecule has 1 aliphatic carbocycles. The number of nitrogens with one attached hydrogen (secondary N) is 1. The fourth-order valence-electron chi connectivity index (χ4n) is 3.98. The summed E-state index contributed by atoms with van der Waals surface area (Å²) in [5, 5.41) is 12.4. The summed E-state index contributed by atoms with van der Waals surface area (Å²) in [6.07, 6.45) is 1.13. The van der Waals surface area contributed by atoms with Gasteiger partial charge in [-0.1, -0.05) is 6.07 Å². The van der Waals surface area contributed by atoms with Crippen LogP contribution in [0, 0.1) is 17.1 Å². The van der Waals surface area contributed by atoms with Gasteiger partial charge < -0.3 is 19.7 Å². The quantitative estimate of drug-likeness (QED) is 0.902. The Morgan fingerprint density at radius 2 is 2.19 bits per heavy atom. The van der Waals surface area contributed by atoms with E-state index in [4.69, 9.17) is 14.7 Å². The third kappa shape index (κ3) is 2.24. The molecule has 0 spiro atoms. The van der Waals surface area contributed by atoms with Gasteiger partial charge in [0, 0.05) is 32.1 Å². The Hall–Kier alpha value is -2.78. The lowest BCUT2D eigenvalue weighted by molar-refractivity contribution is -0.0705. The molecule has 6 heteroatoms. The molecule has 5 rings (SSSR count). The van der Waals surface area contributed by atoms with Crippen molar-refractivity contribution in [1.29, 1.82) is 5.26 Å². The Morgan fingerprint density at radius 3 is 3.00 bits per heavy atom. The van der Waals surface area contributed by atoms with Gasteiger partial charge in [-0.2, -0.15) is 5.26 Å². The number of para-hydroxylation sites is 1. The number of nitriles is 1. The number of fused-ring (bicyclic) bond motifs is 2. The van der Waals surface area contributed by atoms with Gasteiger partial charge in [-0.05, 0) is 36.8 Å². The van der Waals surface area contributed by atoms with Crippen LogP contribution in [0.3, 0.4) is 0 Å². The highest BCUT2D eigenvalue weighted by atomic mass is 19.1. The minimum absolute atomic E-state index is 0.270. The summed E-state index contributed by atoms with van der Waals surface area (Å²) in [7, 11) is 0. The van der Waals surface area contributed by atoms with E-state index < -0.39 is 11.6 Å². The molecule has 2 fully saturated rings. The molecular formula is C20H18FN3O2. The van der Waals surface area contributed by atoms with E-state index in [1.54, 1.807) is 19.1 Å². The molecule has 5 nitrogen and oxygen atoms in total. The zero-order valence-corrected chi connectivity index (χ0v) is 14.3. The first-order valence-electron chi connectivity index (χ1n) is 8.80. The number of hydrogen-bond donors (Lipinski definition) is 1. The largest absolute Gasteiger partial charge is 0.444 e. The molecule has 0 bridgehead atoms. The van der Waals surface area contributed by atoms with Gasteiger partial charge in [0.25, 0.3) is 5.79 Å². The summed E-state index contributed by atoms with van der Waals surface area (Å²) in [5.41, 5.74) is 1.55. The molecule has 0 amide bonds. The van der Waals surface area contributed by atoms with Crippen LogP contribution in [0.5, 0.6) is 11.5 Å². The fourth-order valence-corrected chi connectivity index (χ4v) is 3.98. The van der Waals surface area contributed by atoms with Crippen LogP contribution >= 0.6 is 0 Å². The minimum Gasteiger partial charge on any atom is -0.444 e. The van der Waals surface area contributed by atoms with Gasteiger partial charge in [0.1, 0.15) is 5.82 Å². The summed E-state index contributed by atoms with van der Waals surface area (Å²) >= 11 is 0. The van der Waals surface area contributed by atoms with Gasteiger partial charge in [-0.3, -0.25) is 0 Å². The zero-order chi connectivity index (χ0) is 17.9. The molecule has 1 saturated heterocycles. The van der Waals surface area contributed by atoms with E-state index in [0.717, 1.165) is 25.2 Å². The standard InChI is InChI=1S/C20H18FN3O2/c1-20(13-6-5-12(11-22)9-14(13)21)25-18-4-2-3-16(19(18)26-20)24-8-7-23-15-10-17(15)24/h2-6,9,15,17,23H,7-8,10H2,1H3. The molecule has 3 atom stereocenters. The average molecular weight is 351 g/mol. The number of hydrogen-bond acceptors (Lipinski definition) is 5. The summed E-state index contributed by atoms with van der Waals surface area (Å²) in [6.45, 7) is 3.55. The van der Waals surface area contributed by atoms with Crippen molar-refractivity contribution >= 4 is 5.69 Å². The van der Waals surface area contributed by atoms with Crippen LogP contribution in [0.25, 0.3) is 0 Å². The SMILES string of the molecule is CC1(c2ccc(C#N)cc2F)Oc2cccc(N3CCNC4CC43)c2O1. The molecule has 0 aromatic heterocycles. The second kappa shape index (κ2) is 5.36. The number of ether oxygens (including phenoxy) is 2. The minimum atomic E-state index is -1.26. The van der Waals surface area contributed by atoms with Crippen molar-refractivity contribution in [1.82, 2.24) is 5.32 Å². The third-order valence-corrected chi connectivity index (χ3v) is 5.37. The number of rotatable bonds is 2. The smallest absolute Gasteiger partial charge is 0.278 e. The Labute approximate surface area is 150 Å². The molecule has 3 unspecified atom stereocenters. The van der Waals surface area contributed by atoms with Crippen molar-refractivity contribution in [2.75, 3.05) is 18.0 Å². The maximum Gasteiger partial charge on any atom is 0.278 e. The summed E-state index contributed by atoms with van der Waals surface area (Å²) in [6, 6.07) is 13.1. The van der Waals surface area contributed by atoms with Gasteiger partial charge in [0.15, 0.2) is 11.5 Å². The second-order valence-corrected chi connectivity index (χ2v) is 7.12. The highest BCUT2D eigenvalue weighted by Crippen LogP contribution is 2.51. The van der Waals surface area contributed by atoms with E-state index in [0.29, 0.717) is 23.6 Å². The molecule has 3 aliphatic rings. The normalized spacial score (nSPS) is 28.4. The number of nitrogens with zero attached hydrogens (tertiary/aromatic N) is 2. The van der Waals surface area contributed by atoms with E-state index in [1.165, 1.54) is 6.07 Å². The first-order chi connectivity index (χ1) is 12.6. The number of halogens is 1. The van der Waals surface area contributed by atoms with Crippen LogP contribution in [0.4, 0.5) is 10.1 Å². The van der Waals surface area contributed by atoms with Gasteiger partial charge in [0.05, 0.1) is 22.9 Å². The van der Waals surface area contributed by atoms with E-state index in [2.05, 4.69) is 10.2 Å². The lowest BCUT2D eigenvalue weighted by Gasteiger charge is -2.30. The zero-order valence-electron chi connectivity index (χ0n) is 14.3. The number of piperazine rings is 1. The lowest BCUT2D eigenvalue weighted by Crippen LogP contribution is -2.43. The number of benzene rings is 2. The third-order valence-electron chi connectivity index (χ3n) is 5.37. The second-order valence-electron chi connectivity index (χ2n) is 7.12. The first-order valence-corrected chi connectivity index (χ1v) is 8.80. The molecule has 2 heterocycles. The molecule has 1 saturated carbocycles. The topological polar surface area (TPSA) is 57.5 Å². The maximum absolute atomic E-state index is 14.6. The van der Waals surface area contributed by atoms with Crippen molar-refractivity contribution in [3.05, 3.63) is 53.3 Å². The van der Waals surface area contributed by atoms with Crippen LogP contribution in [0.15, 0.2) is 36.4 Å². The van der Waals surface area contributed by atoms with E-state index >= 15 is 0 Å². The molecule has 2 aromatic rings. The fraction of sp³-hybridized carbons (Fsp3) is 0.350. The van der Waals surface area contributed by atoms with Crippen LogP contribution in [-0.4, -0.2) is 25.2 Å². The average Bonchev–Trinajstić information content (AvgIpc) is 3.35. The van der Waals surface area contributed by atoms with Crippen LogP contribution in [0.2, 0.25) is 0 Å². The predicted octanol–water partition coefficient (Wildman–Crippen LogP) is 2.89. The first kappa shape index (κ1) is 15.5. The molecule has 26 heavy (non-hydrogen) atoms. The van der Waals surface area contributed by atoms with E-state index in [-0.39, 0.29) is 11.1 Å². The van der Waals surface area contributed by atoms with Gasteiger partial charge in [0.2, 0.25) is 0 Å². The van der Waals surface area contributed by atoms with E-state index in [1.807, 2.05) is 24.3 Å². The van der Waals surface area contributed by atoms with Crippen molar-refractivity contribution in [2.45, 2.75) is 31.2 Å². The Kier molecular flexibility index (Phi) is 3.19. The molecule has 2 aliphatic heterocycles. The molecule has 1 N–H and O–H groups in total. The highest BCUT2D eigenvalue weighted by molar-refractivity contribution is 5.68. The highest BCUT2D eigenvalue weighted by Gasteiger charge is 2.47. The monoisotopic (exact) mass is 351 g/mol. The van der Waals surface area contributed by atoms with Crippen LogP contribution in [-0.2, 0) is 5.79 Å². The van der Waals surface area contributed by atoms with Crippen molar-refractivity contribution in [3.8, 4) is 17.6 Å². The van der Waals surface area contributed by atoms with Gasteiger partial charge in [-0.25, -0.2) is 4.39 Å². The van der Waals surface area contributed by atoms with Crippen LogP contribution < -0.4 is 19.7 Å². The Bertz CT molecular complexity index is 941. The number of anilines is 1. The van der Waals surface area contributed by atoms with Gasteiger partial charge >= 0.3 is 0 Å². The Morgan fingerprint density at radius 1 is 1.31 bits per heavy atom. The molecule has 0 radical (unpaired) electrons. The summed E-state index contributed by atoms with van der Waals surface area (Å²) in [4.78, 5) is 2.35. The van der Waals surface area contributed by atoms with E-state index in [9.17, 15) is 4.39 Å². The lowest BCUT2D eigenvalue weighted by atomic mass is 10.0. The van der Waals surface area contributed by atoms with Crippen LogP contribution in [0.1, 0.15) is 24.5 Å². The summed E-state index contributed by atoms with van der Waals surface area (Å²) in [5.74, 6) is -0.492. The van der Waals surface area contributed by atoms with Gasteiger partial charge in [-0.15, -0.1) is 0 Å². The molecule has 2 aromatic carbocycles. The van der Waals surface area contributed by atoms with Crippen molar-refractivity contribution in [2.24, 2.45) is 0 Å². The summed E-state index contributed by atoms with van der Waals surface area (Å²) < 4.78 is 26.8. The predicted molar refractivity (Wildman–Crippen MR) is 93.7 cm³/mol.